The average molecular weight is 301 g/mol. The van der Waals surface area contributed by atoms with Gasteiger partial charge in [0.15, 0.2) is 0 Å². The van der Waals surface area contributed by atoms with Gasteiger partial charge in [-0.1, -0.05) is 46.6 Å². The number of methoxy groups -OCH3 is 1. The molecule has 0 aliphatic heterocycles. The van der Waals surface area contributed by atoms with E-state index in [4.69, 9.17) is 9.73 Å². The van der Waals surface area contributed by atoms with Gasteiger partial charge >= 0.3 is 0 Å². The number of rotatable bonds is 3. The zero-order valence-corrected chi connectivity index (χ0v) is 15.1. The molecule has 1 aliphatic rings. The zero-order valence-electron chi connectivity index (χ0n) is 15.1. The van der Waals surface area contributed by atoms with E-state index >= 15 is 0 Å². The Hall–Kier alpha value is -1.31. The van der Waals surface area contributed by atoms with Gasteiger partial charge in [0.1, 0.15) is 5.75 Å². The molecule has 22 heavy (non-hydrogen) atoms. The highest BCUT2D eigenvalue weighted by Crippen LogP contribution is 2.35. The smallest absolute Gasteiger partial charge is 0.131 e. The van der Waals surface area contributed by atoms with Gasteiger partial charge in [-0.15, -0.1) is 0 Å². The van der Waals surface area contributed by atoms with Crippen LogP contribution >= 0.6 is 0 Å². The van der Waals surface area contributed by atoms with E-state index in [2.05, 4.69) is 46.8 Å². The fourth-order valence-corrected chi connectivity index (χ4v) is 3.38. The van der Waals surface area contributed by atoms with Crippen LogP contribution < -0.4 is 4.74 Å². The van der Waals surface area contributed by atoms with Gasteiger partial charge in [0.2, 0.25) is 0 Å². The molecule has 1 saturated carbocycles. The number of hydrogen-bond acceptors (Lipinski definition) is 2. The summed E-state index contributed by atoms with van der Waals surface area (Å²) in [6.07, 6.45) is 7.24. The first-order chi connectivity index (χ1) is 10.3. The van der Waals surface area contributed by atoms with E-state index in [0.29, 0.717) is 12.0 Å². The summed E-state index contributed by atoms with van der Waals surface area (Å²) in [4.78, 5) is 4.90. The van der Waals surface area contributed by atoms with Gasteiger partial charge in [-0.2, -0.15) is 0 Å². The summed E-state index contributed by atoms with van der Waals surface area (Å²) in [7, 11) is 1.76. The Kier molecular flexibility index (Phi) is 5.31. The van der Waals surface area contributed by atoms with Crippen molar-refractivity contribution >= 4 is 6.21 Å². The molecule has 0 spiro atoms. The summed E-state index contributed by atoms with van der Waals surface area (Å²) >= 11 is 0. The van der Waals surface area contributed by atoms with E-state index in [-0.39, 0.29) is 5.41 Å². The van der Waals surface area contributed by atoms with Gasteiger partial charge in [-0.25, -0.2) is 0 Å². The van der Waals surface area contributed by atoms with E-state index in [1.54, 1.807) is 7.11 Å². The molecule has 0 bridgehead atoms. The number of nitrogens with zero attached hydrogens (tertiary/aromatic N) is 1. The molecule has 1 fully saturated rings. The molecule has 1 aliphatic carbocycles. The van der Waals surface area contributed by atoms with Crippen molar-refractivity contribution in [3.63, 3.8) is 0 Å². The molecule has 0 N–H and O–H groups in total. The predicted octanol–water partition coefficient (Wildman–Crippen LogP) is 5.30. The second-order valence-corrected chi connectivity index (χ2v) is 7.79. The van der Waals surface area contributed by atoms with E-state index in [1.807, 2.05) is 6.21 Å². The fourth-order valence-electron chi connectivity index (χ4n) is 3.38. The maximum atomic E-state index is 5.73. The quantitative estimate of drug-likeness (QED) is 0.694. The average Bonchev–Trinajstić information content (AvgIpc) is 2.45. The van der Waals surface area contributed by atoms with Gasteiger partial charge in [-0.05, 0) is 42.7 Å². The Morgan fingerprint density at radius 3 is 2.45 bits per heavy atom. The molecule has 0 aromatic heterocycles. The zero-order chi connectivity index (χ0) is 16.3. The van der Waals surface area contributed by atoms with Crippen LogP contribution in [0.15, 0.2) is 17.1 Å². The number of aliphatic imine (C=N–C) groups is 1. The van der Waals surface area contributed by atoms with Crippen LogP contribution in [-0.4, -0.2) is 19.4 Å². The summed E-state index contributed by atoms with van der Waals surface area (Å²) < 4.78 is 5.73. The minimum absolute atomic E-state index is 0.0675. The van der Waals surface area contributed by atoms with E-state index in [1.165, 1.54) is 36.8 Å². The van der Waals surface area contributed by atoms with Crippen LogP contribution in [0.25, 0.3) is 0 Å². The van der Waals surface area contributed by atoms with Gasteiger partial charge < -0.3 is 4.74 Å². The second kappa shape index (κ2) is 6.85. The molecule has 122 valence electrons. The minimum atomic E-state index is 0.0675. The number of benzene rings is 1. The molecule has 0 amide bonds. The Morgan fingerprint density at radius 1 is 1.18 bits per heavy atom. The van der Waals surface area contributed by atoms with Gasteiger partial charge in [-0.3, -0.25) is 4.99 Å². The maximum Gasteiger partial charge on any atom is 0.131 e. The monoisotopic (exact) mass is 301 g/mol. The fraction of sp³-hybridized carbons (Fsp3) is 0.650. The highest BCUT2D eigenvalue weighted by atomic mass is 16.5. The number of aryl methyl sites for hydroxylation is 1. The summed E-state index contributed by atoms with van der Waals surface area (Å²) in [6, 6.07) is 4.89. The Morgan fingerprint density at radius 2 is 1.86 bits per heavy atom. The van der Waals surface area contributed by atoms with Crippen molar-refractivity contribution < 1.29 is 4.74 Å². The molecular formula is C20H31NO. The first kappa shape index (κ1) is 17.1. The van der Waals surface area contributed by atoms with Crippen LogP contribution in [0.3, 0.4) is 0 Å². The first-order valence-electron chi connectivity index (χ1n) is 8.55. The van der Waals surface area contributed by atoms with E-state index in [0.717, 1.165) is 11.3 Å². The number of ether oxygens (including phenoxy) is 1. The number of hydrogen-bond donors (Lipinski definition) is 0. The summed E-state index contributed by atoms with van der Waals surface area (Å²) in [5.74, 6) is 1.67. The SMILES string of the molecule is COc1c(C=NC2CCCCC2C)cc(C)cc1C(C)(C)C. The third kappa shape index (κ3) is 3.91. The predicted molar refractivity (Wildman–Crippen MR) is 95.4 cm³/mol. The molecule has 2 heteroatoms. The van der Waals surface area contributed by atoms with Crippen molar-refractivity contribution in [3.8, 4) is 5.75 Å². The standard InChI is InChI=1S/C20H31NO/c1-14-11-16(13-21-18-10-8-7-9-15(18)2)19(22-6)17(12-14)20(3,4)5/h11-13,15,18H,7-10H2,1-6H3. The summed E-state index contributed by atoms with van der Waals surface area (Å²) in [6.45, 7) is 11.2. The van der Waals surface area contributed by atoms with Crippen molar-refractivity contribution in [1.29, 1.82) is 0 Å². The molecule has 2 rings (SSSR count). The Bertz CT molecular complexity index is 539. The van der Waals surface area contributed by atoms with Crippen molar-refractivity contribution in [2.75, 3.05) is 7.11 Å². The van der Waals surface area contributed by atoms with Crippen LogP contribution in [0.2, 0.25) is 0 Å². The first-order valence-corrected chi connectivity index (χ1v) is 8.55. The van der Waals surface area contributed by atoms with Crippen LogP contribution in [0.5, 0.6) is 5.75 Å². The van der Waals surface area contributed by atoms with Crippen molar-refractivity contribution in [2.45, 2.75) is 71.8 Å². The normalized spacial score (nSPS) is 23.0. The lowest BCUT2D eigenvalue weighted by Crippen LogP contribution is -2.20. The van der Waals surface area contributed by atoms with Crippen LogP contribution in [0.1, 0.15) is 70.1 Å². The lowest BCUT2D eigenvalue weighted by atomic mass is 9.84. The van der Waals surface area contributed by atoms with Crippen molar-refractivity contribution in [2.24, 2.45) is 10.9 Å². The lowest BCUT2D eigenvalue weighted by molar-refractivity contribution is 0.333. The highest BCUT2D eigenvalue weighted by molar-refractivity contribution is 5.85. The van der Waals surface area contributed by atoms with Crippen LogP contribution in [-0.2, 0) is 5.41 Å². The molecule has 1 aromatic rings. The maximum absolute atomic E-state index is 5.73. The summed E-state index contributed by atoms with van der Waals surface area (Å²) in [5.41, 5.74) is 3.71. The lowest BCUT2D eigenvalue weighted by Gasteiger charge is -2.26. The molecule has 0 saturated heterocycles. The largest absolute Gasteiger partial charge is 0.496 e. The molecule has 2 unspecified atom stereocenters. The molecule has 0 heterocycles. The second-order valence-electron chi connectivity index (χ2n) is 7.79. The van der Waals surface area contributed by atoms with Crippen LogP contribution in [0, 0.1) is 12.8 Å². The topological polar surface area (TPSA) is 21.6 Å². The molecule has 0 radical (unpaired) electrons. The molecule has 1 aromatic carbocycles. The third-order valence-corrected chi connectivity index (χ3v) is 4.75. The van der Waals surface area contributed by atoms with E-state index in [9.17, 15) is 0 Å². The third-order valence-electron chi connectivity index (χ3n) is 4.75. The minimum Gasteiger partial charge on any atom is -0.496 e. The van der Waals surface area contributed by atoms with Gasteiger partial charge in [0.25, 0.3) is 0 Å². The summed E-state index contributed by atoms with van der Waals surface area (Å²) in [5, 5.41) is 0. The van der Waals surface area contributed by atoms with Crippen molar-refractivity contribution in [1.82, 2.24) is 0 Å². The Balaban J connectivity index is 2.36. The molecule has 2 nitrogen and oxygen atoms in total. The molecule has 2 atom stereocenters. The van der Waals surface area contributed by atoms with Crippen LogP contribution in [0.4, 0.5) is 0 Å². The highest BCUT2D eigenvalue weighted by Gasteiger charge is 2.22. The molecular weight excluding hydrogens is 270 g/mol. The van der Waals surface area contributed by atoms with E-state index < -0.39 is 0 Å². The van der Waals surface area contributed by atoms with Gasteiger partial charge in [0, 0.05) is 17.3 Å². The van der Waals surface area contributed by atoms with Gasteiger partial charge in [0.05, 0.1) is 13.2 Å². The van der Waals surface area contributed by atoms with Crippen molar-refractivity contribution in [3.05, 3.63) is 28.8 Å². The Labute approximate surface area is 136 Å².